The summed E-state index contributed by atoms with van der Waals surface area (Å²) in [5.41, 5.74) is 4.16. The van der Waals surface area contributed by atoms with Gasteiger partial charge in [-0.25, -0.2) is 4.79 Å². The maximum Gasteiger partial charge on any atom is 0.339 e. The van der Waals surface area contributed by atoms with Gasteiger partial charge in [-0.3, -0.25) is 4.79 Å². The van der Waals surface area contributed by atoms with Crippen molar-refractivity contribution in [2.45, 2.75) is 20.0 Å². The molecule has 8 heteroatoms. The lowest BCUT2D eigenvalue weighted by molar-refractivity contribution is 0.0602. The van der Waals surface area contributed by atoms with E-state index in [2.05, 4.69) is 10.3 Å². The standard InChI is InChI=1S/C28H27N3O4S/c1-18-8-13-24-20(14-18)15-21(26(32)29-24)17-31(16-19-9-11-22(34-2)12-10-19)28(36)30-25-7-5-4-6-23(25)27(33)35-3/h4-15H,16-17H2,1-3H3,(H,29,32)(H,30,36). The van der Waals surface area contributed by atoms with Crippen LogP contribution in [0.1, 0.15) is 27.0 Å². The van der Waals surface area contributed by atoms with Crippen LogP contribution in [0.5, 0.6) is 5.75 Å². The molecule has 4 aromatic rings. The molecule has 2 N–H and O–H groups in total. The largest absolute Gasteiger partial charge is 0.497 e. The SMILES string of the molecule is COC(=O)c1ccccc1NC(=S)N(Cc1ccc(OC)cc1)Cc1cc2cc(C)ccc2[nH]c1=O. The number of H-pyrrole nitrogens is 1. The Morgan fingerprint density at radius 1 is 1.00 bits per heavy atom. The van der Waals surface area contributed by atoms with Gasteiger partial charge in [-0.05, 0) is 72.6 Å². The van der Waals surface area contributed by atoms with Crippen LogP contribution in [0, 0.1) is 6.92 Å². The maximum atomic E-state index is 12.9. The second-order valence-corrected chi connectivity index (χ2v) is 8.77. The molecule has 0 spiro atoms. The lowest BCUT2D eigenvalue weighted by Crippen LogP contribution is -2.36. The van der Waals surface area contributed by atoms with Crippen LogP contribution in [0.4, 0.5) is 5.69 Å². The molecule has 0 bridgehead atoms. The number of fused-ring (bicyclic) bond motifs is 1. The number of carbonyl (C=O) groups is 1. The molecule has 0 radical (unpaired) electrons. The van der Waals surface area contributed by atoms with Crippen molar-refractivity contribution in [3.8, 4) is 5.75 Å². The molecule has 7 nitrogen and oxygen atoms in total. The van der Waals surface area contributed by atoms with Crippen molar-refractivity contribution in [2.24, 2.45) is 0 Å². The third-order valence-corrected chi connectivity index (χ3v) is 6.19. The molecular weight excluding hydrogens is 474 g/mol. The molecule has 1 heterocycles. The van der Waals surface area contributed by atoms with Crippen molar-refractivity contribution < 1.29 is 14.3 Å². The number of nitrogens with zero attached hydrogens (tertiary/aromatic N) is 1. The molecule has 3 aromatic carbocycles. The molecule has 184 valence electrons. The third kappa shape index (κ3) is 5.72. The maximum absolute atomic E-state index is 12.9. The number of aromatic amines is 1. The smallest absolute Gasteiger partial charge is 0.339 e. The number of rotatable bonds is 7. The number of esters is 1. The Balaban J connectivity index is 1.67. The molecule has 4 rings (SSSR count). The fourth-order valence-corrected chi connectivity index (χ4v) is 4.16. The summed E-state index contributed by atoms with van der Waals surface area (Å²) in [6.07, 6.45) is 0. The molecule has 0 unspecified atom stereocenters. The van der Waals surface area contributed by atoms with Crippen LogP contribution >= 0.6 is 12.2 Å². The summed E-state index contributed by atoms with van der Waals surface area (Å²) >= 11 is 5.77. The molecule has 0 aliphatic rings. The minimum atomic E-state index is -0.469. The zero-order chi connectivity index (χ0) is 25.7. The van der Waals surface area contributed by atoms with Crippen molar-refractivity contribution >= 4 is 39.9 Å². The first kappa shape index (κ1) is 24.9. The van der Waals surface area contributed by atoms with E-state index in [0.717, 1.165) is 27.8 Å². The van der Waals surface area contributed by atoms with Crippen LogP contribution in [0.3, 0.4) is 0 Å². The van der Waals surface area contributed by atoms with Gasteiger partial charge >= 0.3 is 5.97 Å². The highest BCUT2D eigenvalue weighted by Gasteiger charge is 2.18. The monoisotopic (exact) mass is 501 g/mol. The van der Waals surface area contributed by atoms with Gasteiger partial charge in [0, 0.05) is 17.6 Å². The van der Waals surface area contributed by atoms with Crippen molar-refractivity contribution in [2.75, 3.05) is 19.5 Å². The summed E-state index contributed by atoms with van der Waals surface area (Å²) in [4.78, 5) is 30.0. The summed E-state index contributed by atoms with van der Waals surface area (Å²) in [7, 11) is 2.95. The summed E-state index contributed by atoms with van der Waals surface area (Å²) < 4.78 is 10.2. The normalized spacial score (nSPS) is 10.6. The molecule has 0 aliphatic heterocycles. The highest BCUT2D eigenvalue weighted by atomic mass is 32.1. The van der Waals surface area contributed by atoms with Gasteiger partial charge in [-0.1, -0.05) is 35.9 Å². The molecule has 36 heavy (non-hydrogen) atoms. The number of hydrogen-bond acceptors (Lipinski definition) is 5. The van der Waals surface area contributed by atoms with Crippen molar-refractivity contribution in [1.82, 2.24) is 9.88 Å². The summed E-state index contributed by atoms with van der Waals surface area (Å²) in [6.45, 7) is 2.71. The van der Waals surface area contributed by atoms with Gasteiger partial charge in [-0.15, -0.1) is 0 Å². The van der Waals surface area contributed by atoms with Crippen LogP contribution in [-0.4, -0.2) is 35.2 Å². The van der Waals surface area contributed by atoms with E-state index in [0.29, 0.717) is 28.5 Å². The average molecular weight is 502 g/mol. The number of methoxy groups -OCH3 is 2. The number of carbonyl (C=O) groups excluding carboxylic acids is 1. The number of hydrogen-bond donors (Lipinski definition) is 2. The fraction of sp³-hybridized carbons (Fsp3) is 0.179. The second kappa shape index (κ2) is 11.0. The Kier molecular flexibility index (Phi) is 7.65. The molecule has 0 saturated carbocycles. The topological polar surface area (TPSA) is 83.7 Å². The van der Waals surface area contributed by atoms with Crippen LogP contribution in [0.2, 0.25) is 0 Å². The van der Waals surface area contributed by atoms with Crippen molar-refractivity contribution in [1.29, 1.82) is 0 Å². The number of pyridine rings is 1. The zero-order valence-corrected chi connectivity index (χ0v) is 21.1. The van der Waals surface area contributed by atoms with E-state index in [9.17, 15) is 9.59 Å². The van der Waals surface area contributed by atoms with Gasteiger partial charge in [0.05, 0.1) is 32.0 Å². The minimum Gasteiger partial charge on any atom is -0.497 e. The number of thiocarbonyl (C=S) groups is 1. The average Bonchev–Trinajstić information content (AvgIpc) is 2.89. The number of ether oxygens (including phenoxy) is 2. The Hall–Kier alpha value is -4.17. The predicted molar refractivity (Wildman–Crippen MR) is 146 cm³/mol. The van der Waals surface area contributed by atoms with Gasteiger partial charge in [0.15, 0.2) is 5.11 Å². The lowest BCUT2D eigenvalue weighted by Gasteiger charge is -2.26. The molecule has 0 atom stereocenters. The number of anilines is 1. The molecule has 0 aliphatic carbocycles. The first-order valence-corrected chi connectivity index (χ1v) is 11.8. The van der Waals surface area contributed by atoms with Crippen LogP contribution < -0.4 is 15.6 Å². The number of aromatic nitrogens is 1. The van der Waals surface area contributed by atoms with Crippen LogP contribution in [-0.2, 0) is 17.8 Å². The number of nitrogens with one attached hydrogen (secondary N) is 2. The summed E-state index contributed by atoms with van der Waals surface area (Å²) in [5.74, 6) is 0.281. The van der Waals surface area contributed by atoms with E-state index in [4.69, 9.17) is 21.7 Å². The van der Waals surface area contributed by atoms with Gasteiger partial charge in [-0.2, -0.15) is 0 Å². The van der Waals surface area contributed by atoms with Crippen LogP contribution in [0.25, 0.3) is 10.9 Å². The Labute approximate surface area is 214 Å². The highest BCUT2D eigenvalue weighted by molar-refractivity contribution is 7.80. The highest BCUT2D eigenvalue weighted by Crippen LogP contribution is 2.20. The van der Waals surface area contributed by atoms with E-state index in [1.165, 1.54) is 7.11 Å². The first-order valence-electron chi connectivity index (χ1n) is 11.4. The lowest BCUT2D eigenvalue weighted by atomic mass is 10.1. The third-order valence-electron chi connectivity index (χ3n) is 5.83. The predicted octanol–water partition coefficient (Wildman–Crippen LogP) is 5.03. The summed E-state index contributed by atoms with van der Waals surface area (Å²) in [6, 6.07) is 22.4. The summed E-state index contributed by atoms with van der Waals surface area (Å²) in [5, 5.41) is 4.49. The van der Waals surface area contributed by atoms with Gasteiger partial charge in [0.25, 0.3) is 5.56 Å². The second-order valence-electron chi connectivity index (χ2n) is 8.39. The van der Waals surface area contributed by atoms with E-state index in [1.807, 2.05) is 66.4 Å². The minimum absolute atomic E-state index is 0.177. The van der Waals surface area contributed by atoms with Crippen molar-refractivity contribution in [3.63, 3.8) is 0 Å². The molecule has 0 fully saturated rings. The molecule has 1 aromatic heterocycles. The van der Waals surface area contributed by atoms with E-state index < -0.39 is 5.97 Å². The Morgan fingerprint density at radius 3 is 2.47 bits per heavy atom. The fourth-order valence-electron chi connectivity index (χ4n) is 3.92. The van der Waals surface area contributed by atoms with Gasteiger partial charge in [0.2, 0.25) is 0 Å². The van der Waals surface area contributed by atoms with Gasteiger partial charge in [0.1, 0.15) is 5.75 Å². The Bertz CT molecular complexity index is 1460. The number of benzene rings is 3. The first-order chi connectivity index (χ1) is 17.4. The van der Waals surface area contributed by atoms with Gasteiger partial charge < -0.3 is 24.7 Å². The van der Waals surface area contributed by atoms with Crippen LogP contribution in [0.15, 0.2) is 77.6 Å². The molecule has 0 amide bonds. The van der Waals surface area contributed by atoms with E-state index in [-0.39, 0.29) is 12.1 Å². The Morgan fingerprint density at radius 2 is 1.75 bits per heavy atom. The van der Waals surface area contributed by atoms with Crippen molar-refractivity contribution in [3.05, 3.63) is 105 Å². The van der Waals surface area contributed by atoms with E-state index in [1.54, 1.807) is 25.3 Å². The molecular formula is C28H27N3O4S. The number of para-hydroxylation sites is 1. The van der Waals surface area contributed by atoms with E-state index >= 15 is 0 Å². The quantitative estimate of drug-likeness (QED) is 0.271. The zero-order valence-electron chi connectivity index (χ0n) is 20.3. The molecule has 0 saturated heterocycles. The number of aryl methyl sites for hydroxylation is 1.